The van der Waals surface area contributed by atoms with E-state index in [4.69, 9.17) is 4.74 Å². The molecule has 0 amide bonds. The smallest absolute Gasteiger partial charge is 0.0802 e. The Balaban J connectivity index is 1.75. The number of rotatable bonds is 6. The normalized spacial score (nSPS) is 19.6. The highest BCUT2D eigenvalue weighted by Gasteiger charge is 2.36. The minimum absolute atomic E-state index is 0.135. The van der Waals surface area contributed by atoms with Gasteiger partial charge < -0.3 is 10.1 Å². The van der Waals surface area contributed by atoms with Crippen LogP contribution in [0.15, 0.2) is 30.3 Å². The van der Waals surface area contributed by atoms with Crippen LogP contribution in [0.2, 0.25) is 0 Å². The molecule has 0 spiro atoms. The van der Waals surface area contributed by atoms with Gasteiger partial charge in [-0.25, -0.2) is 0 Å². The van der Waals surface area contributed by atoms with Gasteiger partial charge in [-0.05, 0) is 30.7 Å². The highest BCUT2D eigenvalue weighted by molar-refractivity contribution is 5.19. The Labute approximate surface area is 104 Å². The van der Waals surface area contributed by atoms with Crippen LogP contribution in [0.3, 0.4) is 0 Å². The zero-order valence-corrected chi connectivity index (χ0v) is 10.9. The van der Waals surface area contributed by atoms with Crippen LogP contribution in [0.5, 0.6) is 0 Å². The number of ether oxygens (including phenoxy) is 1. The van der Waals surface area contributed by atoms with E-state index in [1.54, 1.807) is 0 Å². The molecule has 1 aromatic rings. The molecular weight excluding hydrogens is 210 g/mol. The van der Waals surface area contributed by atoms with Crippen molar-refractivity contribution in [1.82, 2.24) is 5.32 Å². The van der Waals surface area contributed by atoms with Gasteiger partial charge in [-0.15, -0.1) is 0 Å². The molecule has 17 heavy (non-hydrogen) atoms. The molecule has 2 rings (SSSR count). The van der Waals surface area contributed by atoms with Gasteiger partial charge in [0.15, 0.2) is 0 Å². The third-order valence-electron chi connectivity index (χ3n) is 3.96. The van der Waals surface area contributed by atoms with Crippen molar-refractivity contribution in [3.05, 3.63) is 35.9 Å². The lowest BCUT2D eigenvalue weighted by Crippen LogP contribution is -2.48. The number of hydrogen-bond acceptors (Lipinski definition) is 2. The fourth-order valence-corrected chi connectivity index (χ4v) is 2.44. The minimum Gasteiger partial charge on any atom is -0.377 e. The lowest BCUT2D eigenvalue weighted by Gasteiger charge is -2.40. The summed E-state index contributed by atoms with van der Waals surface area (Å²) in [6, 6.07) is 10.7. The second kappa shape index (κ2) is 5.65. The van der Waals surface area contributed by atoms with Crippen LogP contribution < -0.4 is 5.32 Å². The number of methoxy groups -OCH3 is 1. The van der Waals surface area contributed by atoms with Crippen molar-refractivity contribution >= 4 is 0 Å². The summed E-state index contributed by atoms with van der Waals surface area (Å²) in [6.45, 7) is 4.28. The molecule has 0 saturated heterocycles. The van der Waals surface area contributed by atoms with Crippen LogP contribution in [-0.2, 0) is 4.74 Å². The first-order chi connectivity index (χ1) is 8.26. The first kappa shape index (κ1) is 12.6. The SMILES string of the molecule is COC1(CNCC(C)c2ccccc2)CCC1. The van der Waals surface area contributed by atoms with E-state index in [1.165, 1.54) is 24.8 Å². The van der Waals surface area contributed by atoms with Gasteiger partial charge in [0.05, 0.1) is 5.60 Å². The number of benzene rings is 1. The summed E-state index contributed by atoms with van der Waals surface area (Å²) < 4.78 is 5.60. The van der Waals surface area contributed by atoms with Gasteiger partial charge in [0.25, 0.3) is 0 Å². The molecule has 1 unspecified atom stereocenters. The van der Waals surface area contributed by atoms with Crippen molar-refractivity contribution in [2.75, 3.05) is 20.2 Å². The highest BCUT2D eigenvalue weighted by atomic mass is 16.5. The molecule has 2 nitrogen and oxygen atoms in total. The van der Waals surface area contributed by atoms with Gasteiger partial charge >= 0.3 is 0 Å². The molecule has 1 aliphatic carbocycles. The van der Waals surface area contributed by atoms with Crippen LogP contribution in [0.4, 0.5) is 0 Å². The maximum absolute atomic E-state index is 5.60. The van der Waals surface area contributed by atoms with Crippen molar-refractivity contribution in [3.63, 3.8) is 0 Å². The molecule has 1 atom stereocenters. The highest BCUT2D eigenvalue weighted by Crippen LogP contribution is 2.34. The van der Waals surface area contributed by atoms with Gasteiger partial charge in [-0.1, -0.05) is 37.3 Å². The summed E-state index contributed by atoms with van der Waals surface area (Å²) in [6.07, 6.45) is 3.72. The quantitative estimate of drug-likeness (QED) is 0.815. The zero-order valence-electron chi connectivity index (χ0n) is 10.9. The summed E-state index contributed by atoms with van der Waals surface area (Å²) in [5, 5.41) is 3.55. The molecule has 0 radical (unpaired) electrons. The standard InChI is InChI=1S/C15H23NO/c1-13(14-7-4-3-5-8-14)11-16-12-15(17-2)9-6-10-15/h3-5,7-8,13,16H,6,9-12H2,1-2H3. The van der Waals surface area contributed by atoms with Gasteiger partial charge in [-0.2, -0.15) is 0 Å². The van der Waals surface area contributed by atoms with Crippen molar-refractivity contribution in [2.45, 2.75) is 37.7 Å². The average Bonchev–Trinajstić information content (AvgIpc) is 2.33. The molecule has 1 fully saturated rings. The molecule has 0 bridgehead atoms. The zero-order chi connectivity index (χ0) is 12.1. The molecule has 1 aromatic carbocycles. The van der Waals surface area contributed by atoms with Gasteiger partial charge in [0.2, 0.25) is 0 Å². The lowest BCUT2D eigenvalue weighted by atomic mass is 9.80. The first-order valence-electron chi connectivity index (χ1n) is 6.57. The molecule has 94 valence electrons. The fourth-order valence-electron chi connectivity index (χ4n) is 2.44. The summed E-state index contributed by atoms with van der Waals surface area (Å²) in [5.41, 5.74) is 1.54. The van der Waals surface area contributed by atoms with Crippen LogP contribution in [0.1, 0.15) is 37.7 Å². The van der Waals surface area contributed by atoms with Crippen LogP contribution >= 0.6 is 0 Å². The first-order valence-corrected chi connectivity index (χ1v) is 6.57. The van der Waals surface area contributed by atoms with Crippen LogP contribution in [0, 0.1) is 0 Å². The summed E-state index contributed by atoms with van der Waals surface area (Å²) in [4.78, 5) is 0. The third kappa shape index (κ3) is 3.08. The Morgan fingerprint density at radius 1 is 1.29 bits per heavy atom. The van der Waals surface area contributed by atoms with Gasteiger partial charge in [0, 0.05) is 20.2 Å². The molecule has 1 N–H and O–H groups in total. The average molecular weight is 233 g/mol. The summed E-state index contributed by atoms with van der Waals surface area (Å²) in [5.74, 6) is 0.560. The Morgan fingerprint density at radius 2 is 2.00 bits per heavy atom. The van der Waals surface area contributed by atoms with Crippen molar-refractivity contribution in [1.29, 1.82) is 0 Å². The molecule has 0 heterocycles. The van der Waals surface area contributed by atoms with Crippen LogP contribution in [0.25, 0.3) is 0 Å². The van der Waals surface area contributed by atoms with Crippen LogP contribution in [-0.4, -0.2) is 25.8 Å². The van der Waals surface area contributed by atoms with E-state index in [9.17, 15) is 0 Å². The Hall–Kier alpha value is -0.860. The molecular formula is C15H23NO. The maximum atomic E-state index is 5.60. The van der Waals surface area contributed by atoms with E-state index in [0.29, 0.717) is 5.92 Å². The predicted octanol–water partition coefficient (Wildman–Crippen LogP) is 2.95. The molecule has 1 saturated carbocycles. The topological polar surface area (TPSA) is 21.3 Å². The van der Waals surface area contributed by atoms with E-state index in [0.717, 1.165) is 13.1 Å². The van der Waals surface area contributed by atoms with Crippen molar-refractivity contribution in [2.24, 2.45) is 0 Å². The van der Waals surface area contributed by atoms with E-state index in [2.05, 4.69) is 42.6 Å². The Kier molecular flexibility index (Phi) is 4.19. The maximum Gasteiger partial charge on any atom is 0.0802 e. The van der Waals surface area contributed by atoms with Crippen molar-refractivity contribution < 1.29 is 4.74 Å². The van der Waals surface area contributed by atoms with E-state index >= 15 is 0 Å². The molecule has 2 heteroatoms. The van der Waals surface area contributed by atoms with E-state index in [-0.39, 0.29) is 5.60 Å². The van der Waals surface area contributed by atoms with Gasteiger partial charge in [-0.3, -0.25) is 0 Å². The predicted molar refractivity (Wildman–Crippen MR) is 71.3 cm³/mol. The van der Waals surface area contributed by atoms with E-state index in [1.807, 2.05) is 7.11 Å². The molecule has 1 aliphatic rings. The second-order valence-corrected chi connectivity index (χ2v) is 5.18. The largest absolute Gasteiger partial charge is 0.377 e. The third-order valence-corrected chi connectivity index (χ3v) is 3.96. The number of nitrogens with one attached hydrogen (secondary N) is 1. The summed E-state index contributed by atoms with van der Waals surface area (Å²) in [7, 11) is 1.83. The number of hydrogen-bond donors (Lipinski definition) is 1. The molecule has 0 aromatic heterocycles. The molecule has 0 aliphatic heterocycles. The van der Waals surface area contributed by atoms with Crippen molar-refractivity contribution in [3.8, 4) is 0 Å². The lowest BCUT2D eigenvalue weighted by molar-refractivity contribution is -0.0693. The Morgan fingerprint density at radius 3 is 2.53 bits per heavy atom. The summed E-state index contributed by atoms with van der Waals surface area (Å²) >= 11 is 0. The Bertz CT molecular complexity index is 327. The van der Waals surface area contributed by atoms with Gasteiger partial charge in [0.1, 0.15) is 0 Å². The monoisotopic (exact) mass is 233 g/mol. The second-order valence-electron chi connectivity index (χ2n) is 5.18. The minimum atomic E-state index is 0.135. The fraction of sp³-hybridized carbons (Fsp3) is 0.600. The van der Waals surface area contributed by atoms with E-state index < -0.39 is 0 Å².